The van der Waals surface area contributed by atoms with Gasteiger partial charge in [0.05, 0.1) is 5.52 Å². The highest BCUT2D eigenvalue weighted by Gasteiger charge is 2.07. The zero-order valence-corrected chi connectivity index (χ0v) is 11.8. The molecule has 0 saturated heterocycles. The van der Waals surface area contributed by atoms with Gasteiger partial charge in [0.15, 0.2) is 0 Å². The van der Waals surface area contributed by atoms with Crippen molar-refractivity contribution in [1.29, 1.82) is 0 Å². The largest absolute Gasteiger partial charge is 0.378 e. The second-order valence-corrected chi connectivity index (χ2v) is 5.15. The van der Waals surface area contributed by atoms with Crippen molar-refractivity contribution in [2.75, 3.05) is 5.32 Å². The fourth-order valence-electron chi connectivity index (χ4n) is 2.39. The molecule has 1 heterocycles. The normalized spacial score (nSPS) is 12.3. The maximum absolute atomic E-state index is 4.39. The van der Waals surface area contributed by atoms with E-state index in [1.165, 1.54) is 11.1 Å². The van der Waals surface area contributed by atoms with Crippen LogP contribution < -0.4 is 5.32 Å². The van der Waals surface area contributed by atoms with Crippen molar-refractivity contribution < 1.29 is 0 Å². The molecule has 3 aromatic rings. The SMILES string of the molecule is Cc1ccc(C(C)Nc2ccnc3ccccc23)cc1. The molecule has 0 aliphatic carbocycles. The second-order valence-electron chi connectivity index (χ2n) is 5.15. The first kappa shape index (κ1) is 12.7. The van der Waals surface area contributed by atoms with Gasteiger partial charge in [0.1, 0.15) is 0 Å². The van der Waals surface area contributed by atoms with Crippen LogP contribution in [0.25, 0.3) is 10.9 Å². The van der Waals surface area contributed by atoms with Crippen LogP contribution in [-0.4, -0.2) is 4.98 Å². The average Bonchev–Trinajstić information content (AvgIpc) is 2.48. The zero-order chi connectivity index (χ0) is 13.9. The fraction of sp³-hybridized carbons (Fsp3) is 0.167. The van der Waals surface area contributed by atoms with Crippen LogP contribution in [0.15, 0.2) is 60.8 Å². The first-order valence-electron chi connectivity index (χ1n) is 6.91. The van der Waals surface area contributed by atoms with Crippen molar-refractivity contribution >= 4 is 16.6 Å². The smallest absolute Gasteiger partial charge is 0.0722 e. The molecular weight excluding hydrogens is 244 g/mol. The lowest BCUT2D eigenvalue weighted by molar-refractivity contribution is 0.885. The fourth-order valence-corrected chi connectivity index (χ4v) is 2.39. The second kappa shape index (κ2) is 5.33. The lowest BCUT2D eigenvalue weighted by Gasteiger charge is -2.17. The van der Waals surface area contributed by atoms with Crippen LogP contribution in [0.4, 0.5) is 5.69 Å². The van der Waals surface area contributed by atoms with E-state index in [4.69, 9.17) is 0 Å². The van der Waals surface area contributed by atoms with Crippen LogP contribution in [0.3, 0.4) is 0 Å². The van der Waals surface area contributed by atoms with Gasteiger partial charge in [0.25, 0.3) is 0 Å². The minimum Gasteiger partial charge on any atom is -0.378 e. The molecule has 20 heavy (non-hydrogen) atoms. The number of anilines is 1. The molecule has 0 radical (unpaired) electrons. The van der Waals surface area contributed by atoms with Gasteiger partial charge in [-0.05, 0) is 31.5 Å². The molecule has 1 unspecified atom stereocenters. The Bertz CT molecular complexity index is 712. The molecular formula is C18H18N2. The Morgan fingerprint density at radius 2 is 1.70 bits per heavy atom. The molecule has 2 aromatic carbocycles. The Hall–Kier alpha value is -2.35. The minimum absolute atomic E-state index is 0.265. The molecule has 0 fully saturated rings. The monoisotopic (exact) mass is 262 g/mol. The van der Waals surface area contributed by atoms with E-state index in [0.29, 0.717) is 0 Å². The van der Waals surface area contributed by atoms with E-state index in [9.17, 15) is 0 Å². The van der Waals surface area contributed by atoms with Gasteiger partial charge in [0.2, 0.25) is 0 Å². The maximum Gasteiger partial charge on any atom is 0.0722 e. The first-order chi connectivity index (χ1) is 9.74. The van der Waals surface area contributed by atoms with E-state index >= 15 is 0 Å². The number of hydrogen-bond acceptors (Lipinski definition) is 2. The highest BCUT2D eigenvalue weighted by atomic mass is 14.9. The summed E-state index contributed by atoms with van der Waals surface area (Å²) < 4.78 is 0. The highest BCUT2D eigenvalue weighted by Crippen LogP contribution is 2.25. The number of aromatic nitrogens is 1. The lowest BCUT2D eigenvalue weighted by Crippen LogP contribution is -2.07. The molecule has 0 aliphatic rings. The van der Waals surface area contributed by atoms with Crippen LogP contribution in [-0.2, 0) is 0 Å². The predicted molar refractivity (Wildman–Crippen MR) is 85.0 cm³/mol. The number of nitrogens with one attached hydrogen (secondary N) is 1. The van der Waals surface area contributed by atoms with Crippen LogP contribution in [0.1, 0.15) is 24.1 Å². The molecule has 3 rings (SSSR count). The number of fused-ring (bicyclic) bond motifs is 1. The summed E-state index contributed by atoms with van der Waals surface area (Å²) in [5.74, 6) is 0. The van der Waals surface area contributed by atoms with Gasteiger partial charge in [-0.15, -0.1) is 0 Å². The summed E-state index contributed by atoms with van der Waals surface area (Å²) >= 11 is 0. The third-order valence-electron chi connectivity index (χ3n) is 3.60. The zero-order valence-electron chi connectivity index (χ0n) is 11.8. The molecule has 2 nitrogen and oxygen atoms in total. The predicted octanol–water partition coefficient (Wildman–Crippen LogP) is 4.72. The van der Waals surface area contributed by atoms with Crippen LogP contribution in [0.5, 0.6) is 0 Å². The molecule has 0 spiro atoms. The quantitative estimate of drug-likeness (QED) is 0.739. The summed E-state index contributed by atoms with van der Waals surface area (Å²) in [7, 11) is 0. The number of hydrogen-bond donors (Lipinski definition) is 1. The molecule has 0 aliphatic heterocycles. The Morgan fingerprint density at radius 3 is 2.50 bits per heavy atom. The number of nitrogens with zero attached hydrogens (tertiary/aromatic N) is 1. The van der Waals surface area contributed by atoms with E-state index in [1.54, 1.807) is 0 Å². The third-order valence-corrected chi connectivity index (χ3v) is 3.60. The Balaban J connectivity index is 1.91. The standard InChI is InChI=1S/C18H18N2/c1-13-7-9-15(10-8-13)14(2)20-18-11-12-19-17-6-4-3-5-16(17)18/h3-12,14H,1-2H3,(H,19,20). The van der Waals surface area contributed by atoms with Crippen molar-refractivity contribution in [2.45, 2.75) is 19.9 Å². The van der Waals surface area contributed by atoms with Crippen LogP contribution in [0.2, 0.25) is 0 Å². The Kier molecular flexibility index (Phi) is 3.38. The number of benzene rings is 2. The lowest BCUT2D eigenvalue weighted by atomic mass is 10.1. The van der Waals surface area contributed by atoms with Gasteiger partial charge in [0, 0.05) is 23.3 Å². The van der Waals surface area contributed by atoms with E-state index < -0.39 is 0 Å². The summed E-state index contributed by atoms with van der Waals surface area (Å²) in [4.78, 5) is 4.39. The molecule has 1 atom stereocenters. The minimum atomic E-state index is 0.265. The third kappa shape index (κ3) is 2.50. The van der Waals surface area contributed by atoms with Gasteiger partial charge in [-0.25, -0.2) is 0 Å². The van der Waals surface area contributed by atoms with E-state index in [1.807, 2.05) is 30.5 Å². The van der Waals surface area contributed by atoms with Crippen molar-refractivity contribution in [2.24, 2.45) is 0 Å². The molecule has 0 bridgehead atoms. The number of pyridine rings is 1. The maximum atomic E-state index is 4.39. The molecule has 1 N–H and O–H groups in total. The van der Waals surface area contributed by atoms with E-state index in [-0.39, 0.29) is 6.04 Å². The van der Waals surface area contributed by atoms with Gasteiger partial charge in [-0.1, -0.05) is 48.0 Å². The molecule has 2 heteroatoms. The van der Waals surface area contributed by atoms with Crippen LogP contribution >= 0.6 is 0 Å². The summed E-state index contributed by atoms with van der Waals surface area (Å²) in [5.41, 5.74) is 4.73. The molecule has 100 valence electrons. The summed E-state index contributed by atoms with van der Waals surface area (Å²) in [6.07, 6.45) is 1.85. The first-order valence-corrected chi connectivity index (χ1v) is 6.91. The Labute approximate surface area is 119 Å². The topological polar surface area (TPSA) is 24.9 Å². The highest BCUT2D eigenvalue weighted by molar-refractivity contribution is 5.91. The molecule has 0 amide bonds. The van der Waals surface area contributed by atoms with E-state index in [2.05, 4.69) is 54.5 Å². The number of aryl methyl sites for hydroxylation is 1. The molecule has 1 aromatic heterocycles. The van der Waals surface area contributed by atoms with Crippen molar-refractivity contribution in [3.63, 3.8) is 0 Å². The van der Waals surface area contributed by atoms with E-state index in [0.717, 1.165) is 16.6 Å². The Morgan fingerprint density at radius 1 is 0.950 bits per heavy atom. The van der Waals surface area contributed by atoms with Crippen molar-refractivity contribution in [3.05, 3.63) is 71.9 Å². The number of para-hydroxylation sites is 1. The van der Waals surface area contributed by atoms with Gasteiger partial charge in [-0.3, -0.25) is 4.98 Å². The molecule has 0 saturated carbocycles. The van der Waals surface area contributed by atoms with Crippen molar-refractivity contribution in [3.8, 4) is 0 Å². The number of rotatable bonds is 3. The summed E-state index contributed by atoms with van der Waals surface area (Å²) in [6, 6.07) is 19.2. The van der Waals surface area contributed by atoms with Gasteiger partial charge < -0.3 is 5.32 Å². The van der Waals surface area contributed by atoms with Gasteiger partial charge in [-0.2, -0.15) is 0 Å². The average molecular weight is 262 g/mol. The summed E-state index contributed by atoms with van der Waals surface area (Å²) in [6.45, 7) is 4.29. The summed E-state index contributed by atoms with van der Waals surface area (Å²) in [5, 5.41) is 4.74. The van der Waals surface area contributed by atoms with Crippen LogP contribution in [0, 0.1) is 6.92 Å². The van der Waals surface area contributed by atoms with Gasteiger partial charge >= 0.3 is 0 Å². The van der Waals surface area contributed by atoms with Crippen molar-refractivity contribution in [1.82, 2.24) is 4.98 Å².